The molecule has 2 fully saturated rings. The van der Waals surface area contributed by atoms with E-state index in [1.165, 1.54) is 32.4 Å². The van der Waals surface area contributed by atoms with Gasteiger partial charge in [0.05, 0.1) is 6.04 Å². The molecule has 0 spiro atoms. The van der Waals surface area contributed by atoms with E-state index in [0.29, 0.717) is 17.7 Å². The highest BCUT2D eigenvalue weighted by atomic mass is 16.2. The molecule has 0 radical (unpaired) electrons. The van der Waals surface area contributed by atoms with Crippen LogP contribution >= 0.6 is 0 Å². The molecule has 122 valence electrons. The minimum atomic E-state index is 0.0237. The number of likely N-dealkylation sites (tertiary alicyclic amines) is 2. The summed E-state index contributed by atoms with van der Waals surface area (Å²) in [7, 11) is 1.92. The summed E-state index contributed by atoms with van der Waals surface area (Å²) in [5.74, 6) is 1.62. The predicted octanol–water partition coefficient (Wildman–Crippen LogP) is 1.95. The van der Waals surface area contributed by atoms with Crippen LogP contribution in [0, 0.1) is 11.8 Å². The van der Waals surface area contributed by atoms with Gasteiger partial charge in [-0.05, 0) is 57.7 Å². The topological polar surface area (TPSA) is 35.6 Å². The van der Waals surface area contributed by atoms with Crippen LogP contribution in [0.3, 0.4) is 0 Å². The first kappa shape index (κ1) is 16.8. The Kier molecular flexibility index (Phi) is 6.49. The molecule has 0 aromatic heterocycles. The van der Waals surface area contributed by atoms with Crippen LogP contribution in [0.5, 0.6) is 0 Å². The molecule has 4 nitrogen and oxygen atoms in total. The van der Waals surface area contributed by atoms with Gasteiger partial charge < -0.3 is 15.1 Å². The molecule has 0 aliphatic carbocycles. The van der Waals surface area contributed by atoms with Gasteiger partial charge in [0.25, 0.3) is 0 Å². The lowest BCUT2D eigenvalue weighted by molar-refractivity contribution is -0.133. The molecule has 1 amide bonds. The SMILES string of the molecule is CCN1CCCCC(CN2CCC(C)CC(NC)C2=O)C1. The monoisotopic (exact) mass is 295 g/mol. The van der Waals surface area contributed by atoms with Gasteiger partial charge in [-0.25, -0.2) is 0 Å². The Balaban J connectivity index is 1.97. The largest absolute Gasteiger partial charge is 0.341 e. The fraction of sp³-hybridized carbons (Fsp3) is 0.941. The molecule has 2 saturated heterocycles. The van der Waals surface area contributed by atoms with E-state index >= 15 is 0 Å². The van der Waals surface area contributed by atoms with Crippen molar-refractivity contribution in [2.24, 2.45) is 11.8 Å². The number of nitrogens with one attached hydrogen (secondary N) is 1. The molecule has 21 heavy (non-hydrogen) atoms. The van der Waals surface area contributed by atoms with E-state index in [0.717, 1.165) is 32.5 Å². The number of amides is 1. The molecule has 2 aliphatic heterocycles. The summed E-state index contributed by atoms with van der Waals surface area (Å²) < 4.78 is 0. The Bertz CT molecular complexity index is 334. The maximum Gasteiger partial charge on any atom is 0.239 e. The molecule has 3 unspecified atom stereocenters. The van der Waals surface area contributed by atoms with Crippen molar-refractivity contribution in [1.29, 1.82) is 0 Å². The van der Waals surface area contributed by atoms with E-state index < -0.39 is 0 Å². The zero-order valence-electron chi connectivity index (χ0n) is 14.1. The molecule has 0 aromatic rings. The van der Waals surface area contributed by atoms with Crippen LogP contribution in [0.25, 0.3) is 0 Å². The standard InChI is InChI=1S/C17H33N3O/c1-4-19-9-6-5-7-15(12-19)13-20-10-8-14(2)11-16(18-3)17(20)21/h14-16,18H,4-13H2,1-3H3. The maximum absolute atomic E-state index is 12.7. The quantitative estimate of drug-likeness (QED) is 0.861. The third-order valence-corrected chi connectivity index (χ3v) is 5.27. The van der Waals surface area contributed by atoms with Gasteiger partial charge in [0, 0.05) is 19.6 Å². The third-order valence-electron chi connectivity index (χ3n) is 5.27. The van der Waals surface area contributed by atoms with Crippen LogP contribution in [0.2, 0.25) is 0 Å². The Labute approximate surface area is 130 Å². The van der Waals surface area contributed by atoms with Crippen molar-refractivity contribution in [3.63, 3.8) is 0 Å². The van der Waals surface area contributed by atoms with Gasteiger partial charge in [-0.2, -0.15) is 0 Å². The maximum atomic E-state index is 12.7. The number of rotatable bonds is 4. The molecule has 2 rings (SSSR count). The lowest BCUT2D eigenvalue weighted by Crippen LogP contribution is -2.46. The van der Waals surface area contributed by atoms with Gasteiger partial charge in [-0.15, -0.1) is 0 Å². The first-order chi connectivity index (χ1) is 10.1. The van der Waals surface area contributed by atoms with Gasteiger partial charge >= 0.3 is 0 Å². The smallest absolute Gasteiger partial charge is 0.239 e. The minimum Gasteiger partial charge on any atom is -0.341 e. The molecule has 4 heteroatoms. The summed E-state index contributed by atoms with van der Waals surface area (Å²) in [5.41, 5.74) is 0. The van der Waals surface area contributed by atoms with Crippen LogP contribution in [0.15, 0.2) is 0 Å². The molecule has 0 saturated carbocycles. The van der Waals surface area contributed by atoms with Crippen molar-refractivity contribution in [1.82, 2.24) is 15.1 Å². The van der Waals surface area contributed by atoms with Crippen LogP contribution in [-0.4, -0.2) is 61.5 Å². The third kappa shape index (κ3) is 4.68. The van der Waals surface area contributed by atoms with E-state index in [2.05, 4.69) is 29.0 Å². The number of likely N-dealkylation sites (N-methyl/N-ethyl adjacent to an activating group) is 1. The van der Waals surface area contributed by atoms with E-state index in [-0.39, 0.29) is 6.04 Å². The zero-order chi connectivity index (χ0) is 15.2. The molecule has 2 aliphatic rings. The van der Waals surface area contributed by atoms with Gasteiger partial charge in [-0.3, -0.25) is 4.79 Å². The summed E-state index contributed by atoms with van der Waals surface area (Å²) >= 11 is 0. The van der Waals surface area contributed by atoms with Crippen molar-refractivity contribution in [2.45, 2.75) is 52.0 Å². The number of carbonyl (C=O) groups is 1. The molecule has 3 atom stereocenters. The van der Waals surface area contributed by atoms with E-state index in [1.54, 1.807) is 0 Å². The van der Waals surface area contributed by atoms with Crippen molar-refractivity contribution in [3.8, 4) is 0 Å². The van der Waals surface area contributed by atoms with Crippen molar-refractivity contribution < 1.29 is 4.79 Å². The summed E-state index contributed by atoms with van der Waals surface area (Å²) in [6, 6.07) is 0.0237. The minimum absolute atomic E-state index is 0.0237. The molecule has 2 heterocycles. The Morgan fingerprint density at radius 2 is 2.05 bits per heavy atom. The second kappa shape index (κ2) is 8.14. The van der Waals surface area contributed by atoms with Gasteiger partial charge in [0.2, 0.25) is 5.91 Å². The summed E-state index contributed by atoms with van der Waals surface area (Å²) in [4.78, 5) is 17.4. The first-order valence-electron chi connectivity index (χ1n) is 8.82. The fourth-order valence-electron chi connectivity index (χ4n) is 3.81. The van der Waals surface area contributed by atoms with Gasteiger partial charge in [0.15, 0.2) is 0 Å². The second-order valence-corrected chi connectivity index (χ2v) is 7.01. The zero-order valence-corrected chi connectivity index (χ0v) is 14.1. The average molecular weight is 295 g/mol. The lowest BCUT2D eigenvalue weighted by Gasteiger charge is -2.30. The summed E-state index contributed by atoms with van der Waals surface area (Å²) in [6.45, 7) is 9.96. The van der Waals surface area contributed by atoms with Crippen molar-refractivity contribution in [2.75, 3.05) is 39.8 Å². The normalized spacial score (nSPS) is 32.8. The van der Waals surface area contributed by atoms with Crippen LogP contribution < -0.4 is 5.32 Å². The first-order valence-corrected chi connectivity index (χ1v) is 8.82. The highest BCUT2D eigenvalue weighted by Crippen LogP contribution is 2.22. The van der Waals surface area contributed by atoms with Crippen LogP contribution in [-0.2, 0) is 4.79 Å². The van der Waals surface area contributed by atoms with Crippen LogP contribution in [0.4, 0.5) is 0 Å². The lowest BCUT2D eigenvalue weighted by atomic mass is 10.0. The average Bonchev–Trinajstić information content (AvgIpc) is 2.79. The van der Waals surface area contributed by atoms with Gasteiger partial charge in [-0.1, -0.05) is 20.3 Å². The number of hydrogen-bond acceptors (Lipinski definition) is 3. The highest BCUT2D eigenvalue weighted by molar-refractivity contribution is 5.82. The Morgan fingerprint density at radius 3 is 2.76 bits per heavy atom. The fourth-order valence-corrected chi connectivity index (χ4v) is 3.81. The number of hydrogen-bond donors (Lipinski definition) is 1. The molecule has 0 aromatic carbocycles. The molecular weight excluding hydrogens is 262 g/mol. The molecule has 1 N–H and O–H groups in total. The van der Waals surface area contributed by atoms with E-state index in [4.69, 9.17) is 0 Å². The van der Waals surface area contributed by atoms with Crippen molar-refractivity contribution >= 4 is 5.91 Å². The molecular formula is C17H33N3O. The van der Waals surface area contributed by atoms with Gasteiger partial charge in [0.1, 0.15) is 0 Å². The second-order valence-electron chi connectivity index (χ2n) is 7.01. The summed E-state index contributed by atoms with van der Waals surface area (Å²) in [6.07, 6.45) is 6.04. The van der Waals surface area contributed by atoms with E-state index in [9.17, 15) is 4.79 Å². The van der Waals surface area contributed by atoms with Crippen LogP contribution in [0.1, 0.15) is 46.0 Å². The Morgan fingerprint density at radius 1 is 1.24 bits per heavy atom. The summed E-state index contributed by atoms with van der Waals surface area (Å²) in [5, 5.41) is 3.22. The highest BCUT2D eigenvalue weighted by Gasteiger charge is 2.30. The predicted molar refractivity (Wildman–Crippen MR) is 87.3 cm³/mol. The number of carbonyl (C=O) groups excluding carboxylic acids is 1. The van der Waals surface area contributed by atoms with Crippen molar-refractivity contribution in [3.05, 3.63) is 0 Å². The molecule has 0 bridgehead atoms. The number of nitrogens with zero attached hydrogens (tertiary/aromatic N) is 2. The Hall–Kier alpha value is -0.610. The van der Waals surface area contributed by atoms with E-state index in [1.807, 2.05) is 7.05 Å².